The van der Waals surface area contributed by atoms with E-state index in [0.717, 1.165) is 29.6 Å². The Labute approximate surface area is 213 Å². The van der Waals surface area contributed by atoms with Gasteiger partial charge in [-0.15, -0.1) is 0 Å². The molecule has 186 valence electrons. The number of aliphatic hydroxyl groups is 1. The molecular formula is C27H27ClN4O4. The molecule has 1 aliphatic heterocycles. The first-order valence-corrected chi connectivity index (χ1v) is 12.3. The summed E-state index contributed by atoms with van der Waals surface area (Å²) < 4.78 is 11.1. The zero-order valence-electron chi connectivity index (χ0n) is 19.6. The summed E-state index contributed by atoms with van der Waals surface area (Å²) in [6.07, 6.45) is 1.76. The summed E-state index contributed by atoms with van der Waals surface area (Å²) in [5, 5.41) is 15.4. The molecule has 0 aliphatic carbocycles. The number of para-hydroxylation sites is 2. The van der Waals surface area contributed by atoms with Gasteiger partial charge in [0.1, 0.15) is 17.9 Å². The van der Waals surface area contributed by atoms with E-state index < -0.39 is 0 Å². The van der Waals surface area contributed by atoms with E-state index in [2.05, 4.69) is 27.8 Å². The second kappa shape index (κ2) is 10.9. The maximum Gasteiger partial charge on any atom is 0.321 e. The molecule has 0 saturated carbocycles. The number of anilines is 3. The zero-order valence-corrected chi connectivity index (χ0v) is 20.4. The Hall–Kier alpha value is -3.75. The fourth-order valence-electron chi connectivity index (χ4n) is 4.35. The molecule has 0 unspecified atom stereocenters. The van der Waals surface area contributed by atoms with Gasteiger partial charge in [0, 0.05) is 24.8 Å². The number of ether oxygens (including phenoxy) is 1. The molecule has 0 radical (unpaired) electrons. The van der Waals surface area contributed by atoms with E-state index in [4.69, 9.17) is 25.9 Å². The molecule has 1 aliphatic rings. The molecule has 1 fully saturated rings. The number of likely N-dealkylation sites (tertiary alicyclic amines) is 1. The lowest BCUT2D eigenvalue weighted by Gasteiger charge is -2.32. The van der Waals surface area contributed by atoms with E-state index in [-0.39, 0.29) is 19.2 Å². The quantitative estimate of drug-likeness (QED) is 0.284. The number of hydrogen-bond donors (Lipinski definition) is 3. The van der Waals surface area contributed by atoms with Gasteiger partial charge in [0.2, 0.25) is 0 Å². The Kier molecular flexibility index (Phi) is 7.25. The monoisotopic (exact) mass is 506 g/mol. The van der Waals surface area contributed by atoms with Crippen LogP contribution in [-0.2, 0) is 0 Å². The number of rotatable bonds is 7. The highest BCUT2D eigenvalue weighted by Crippen LogP contribution is 2.31. The van der Waals surface area contributed by atoms with Crippen molar-refractivity contribution < 1.29 is 19.1 Å². The van der Waals surface area contributed by atoms with Crippen molar-refractivity contribution in [3.8, 4) is 5.75 Å². The van der Waals surface area contributed by atoms with Crippen LogP contribution in [0.15, 0.2) is 71.1 Å². The molecule has 0 bridgehead atoms. The van der Waals surface area contributed by atoms with Crippen LogP contribution in [0.2, 0.25) is 5.02 Å². The van der Waals surface area contributed by atoms with Crippen molar-refractivity contribution in [2.75, 3.05) is 36.9 Å². The Morgan fingerprint density at radius 2 is 1.89 bits per heavy atom. The summed E-state index contributed by atoms with van der Waals surface area (Å²) in [7, 11) is 0. The van der Waals surface area contributed by atoms with E-state index >= 15 is 0 Å². The SMILES string of the molecule is O=C(Nc1ccc(OCCO)cc1Cl)N1CCC(c2ccc(Nc3nc4ccccc4o3)cc2)CC1. The van der Waals surface area contributed by atoms with Crippen LogP contribution in [0.1, 0.15) is 24.3 Å². The van der Waals surface area contributed by atoms with Crippen molar-refractivity contribution in [1.82, 2.24) is 9.88 Å². The molecule has 1 saturated heterocycles. The van der Waals surface area contributed by atoms with Crippen LogP contribution in [0.25, 0.3) is 11.1 Å². The average Bonchev–Trinajstić information content (AvgIpc) is 3.32. The van der Waals surface area contributed by atoms with Crippen molar-refractivity contribution in [3.05, 3.63) is 77.3 Å². The van der Waals surface area contributed by atoms with Gasteiger partial charge in [0.15, 0.2) is 5.58 Å². The lowest BCUT2D eigenvalue weighted by Crippen LogP contribution is -2.40. The third kappa shape index (κ3) is 5.56. The maximum atomic E-state index is 12.8. The topological polar surface area (TPSA) is 99.9 Å². The van der Waals surface area contributed by atoms with Crippen LogP contribution in [0, 0.1) is 0 Å². The minimum Gasteiger partial charge on any atom is -0.491 e. The number of nitrogens with one attached hydrogen (secondary N) is 2. The number of urea groups is 1. The van der Waals surface area contributed by atoms with Crippen LogP contribution >= 0.6 is 11.6 Å². The molecule has 0 atom stereocenters. The zero-order chi connectivity index (χ0) is 24.9. The molecule has 1 aromatic heterocycles. The molecular weight excluding hydrogens is 480 g/mol. The summed E-state index contributed by atoms with van der Waals surface area (Å²) in [6, 6.07) is 21.3. The van der Waals surface area contributed by atoms with E-state index in [1.165, 1.54) is 5.56 Å². The van der Waals surface area contributed by atoms with Crippen molar-refractivity contribution in [2.24, 2.45) is 0 Å². The van der Waals surface area contributed by atoms with Gasteiger partial charge in [-0.25, -0.2) is 4.79 Å². The van der Waals surface area contributed by atoms with Crippen LogP contribution < -0.4 is 15.4 Å². The molecule has 9 heteroatoms. The minimum absolute atomic E-state index is 0.0763. The second-order valence-electron chi connectivity index (χ2n) is 8.64. The standard InChI is InChI=1S/C27H27ClN4O4/c28-22-17-21(35-16-15-33)9-10-23(22)31-27(34)32-13-11-19(12-14-32)18-5-7-20(8-6-18)29-26-30-24-3-1-2-4-25(24)36-26/h1-10,17,19,33H,11-16H2,(H,29,30)(H,31,34). The largest absolute Gasteiger partial charge is 0.491 e. The highest BCUT2D eigenvalue weighted by atomic mass is 35.5. The van der Waals surface area contributed by atoms with Gasteiger partial charge in [-0.2, -0.15) is 4.98 Å². The summed E-state index contributed by atoms with van der Waals surface area (Å²) >= 11 is 6.29. The third-order valence-corrected chi connectivity index (χ3v) is 6.56. The Morgan fingerprint density at radius 1 is 1.11 bits per heavy atom. The van der Waals surface area contributed by atoms with E-state index in [0.29, 0.717) is 41.5 Å². The van der Waals surface area contributed by atoms with Gasteiger partial charge in [0.05, 0.1) is 17.3 Å². The highest BCUT2D eigenvalue weighted by Gasteiger charge is 2.24. The normalized spacial score (nSPS) is 14.1. The van der Waals surface area contributed by atoms with Crippen molar-refractivity contribution in [3.63, 3.8) is 0 Å². The van der Waals surface area contributed by atoms with Crippen LogP contribution in [-0.4, -0.2) is 47.3 Å². The fraction of sp³-hybridized carbons (Fsp3) is 0.259. The number of halogens is 1. The molecule has 5 rings (SSSR count). The van der Waals surface area contributed by atoms with Gasteiger partial charge < -0.3 is 29.8 Å². The van der Waals surface area contributed by atoms with Crippen molar-refractivity contribution in [2.45, 2.75) is 18.8 Å². The number of amides is 2. The predicted octanol–water partition coefficient (Wildman–Crippen LogP) is 6.01. The molecule has 4 aromatic rings. The van der Waals surface area contributed by atoms with Gasteiger partial charge in [0.25, 0.3) is 6.01 Å². The Bertz CT molecular complexity index is 1300. The van der Waals surface area contributed by atoms with Crippen LogP contribution in [0.3, 0.4) is 0 Å². The second-order valence-corrected chi connectivity index (χ2v) is 9.05. The molecule has 3 aromatic carbocycles. The van der Waals surface area contributed by atoms with Gasteiger partial charge in [-0.05, 0) is 60.7 Å². The number of fused-ring (bicyclic) bond motifs is 1. The lowest BCUT2D eigenvalue weighted by atomic mass is 9.89. The van der Waals surface area contributed by atoms with E-state index in [1.807, 2.05) is 41.3 Å². The van der Waals surface area contributed by atoms with E-state index in [9.17, 15) is 4.79 Å². The van der Waals surface area contributed by atoms with Crippen LogP contribution in [0.5, 0.6) is 5.75 Å². The summed E-state index contributed by atoms with van der Waals surface area (Å²) in [5.74, 6) is 0.932. The Balaban J connectivity index is 1.13. The number of aromatic nitrogens is 1. The number of piperidine rings is 1. The lowest BCUT2D eigenvalue weighted by molar-refractivity contribution is 0.194. The molecule has 3 N–H and O–H groups in total. The van der Waals surface area contributed by atoms with Gasteiger partial charge in [-0.3, -0.25) is 0 Å². The number of carbonyl (C=O) groups is 1. The minimum atomic E-state index is -0.169. The first kappa shape index (κ1) is 24.0. The number of oxazole rings is 1. The maximum absolute atomic E-state index is 12.8. The van der Waals surface area contributed by atoms with Crippen molar-refractivity contribution >= 4 is 46.1 Å². The highest BCUT2D eigenvalue weighted by molar-refractivity contribution is 6.33. The number of benzene rings is 3. The fourth-order valence-corrected chi connectivity index (χ4v) is 4.57. The number of aliphatic hydroxyl groups excluding tert-OH is 1. The molecule has 2 amide bonds. The molecule has 36 heavy (non-hydrogen) atoms. The first-order valence-electron chi connectivity index (χ1n) is 11.9. The smallest absolute Gasteiger partial charge is 0.321 e. The van der Waals surface area contributed by atoms with Crippen LogP contribution in [0.4, 0.5) is 22.2 Å². The number of hydrogen-bond acceptors (Lipinski definition) is 6. The van der Waals surface area contributed by atoms with Crippen molar-refractivity contribution in [1.29, 1.82) is 0 Å². The Morgan fingerprint density at radius 3 is 2.61 bits per heavy atom. The first-order chi connectivity index (χ1) is 17.6. The average molecular weight is 507 g/mol. The van der Waals surface area contributed by atoms with Gasteiger partial charge in [-0.1, -0.05) is 35.9 Å². The number of carbonyl (C=O) groups excluding carboxylic acids is 1. The van der Waals surface area contributed by atoms with Gasteiger partial charge >= 0.3 is 6.03 Å². The molecule has 0 spiro atoms. The predicted molar refractivity (Wildman–Crippen MR) is 140 cm³/mol. The summed E-state index contributed by atoms with van der Waals surface area (Å²) in [6.45, 7) is 1.44. The molecule has 2 heterocycles. The number of nitrogens with zero attached hydrogens (tertiary/aromatic N) is 2. The summed E-state index contributed by atoms with van der Waals surface area (Å²) in [4.78, 5) is 19.0. The summed E-state index contributed by atoms with van der Waals surface area (Å²) in [5.41, 5.74) is 4.26. The third-order valence-electron chi connectivity index (χ3n) is 6.25. The van der Waals surface area contributed by atoms with E-state index in [1.54, 1.807) is 18.2 Å². The molecule has 8 nitrogen and oxygen atoms in total.